The van der Waals surface area contributed by atoms with Gasteiger partial charge in [0.15, 0.2) is 11.8 Å². The summed E-state index contributed by atoms with van der Waals surface area (Å²) in [4.78, 5) is 38.2. The molecular weight excluding hydrogens is 554 g/mol. The van der Waals surface area contributed by atoms with Gasteiger partial charge in [-0.3, -0.25) is 0 Å². The molecular formula is C27H34N5O8S. The standard InChI is InChI=1S/C27H34N5O8S/c1-16(2)38-25(33)36-12-19(13-37-26(34)39-17(3)4)40-27(10-11-27)14-32-15-29-21-22(32)30-24(28)31-23(21)41-20-8-6-18(35-5)7-9-20/h6-9,15-17H,10-14H2,1-5H3,(H2,28,30,31). The number of carbonyl (C=O) groups is 2. The van der Waals surface area contributed by atoms with Crippen LogP contribution in [-0.4, -0.2) is 70.0 Å². The monoisotopic (exact) mass is 588 g/mol. The summed E-state index contributed by atoms with van der Waals surface area (Å²) in [7, 11) is 1.61. The normalized spacial score (nSPS) is 14.0. The third-order valence-corrected chi connectivity index (χ3v) is 6.70. The van der Waals surface area contributed by atoms with E-state index in [1.165, 1.54) is 11.8 Å². The van der Waals surface area contributed by atoms with Gasteiger partial charge in [-0.2, -0.15) is 4.98 Å². The average molecular weight is 589 g/mol. The fourth-order valence-electron chi connectivity index (χ4n) is 3.76. The highest BCUT2D eigenvalue weighted by atomic mass is 32.2. The molecule has 13 nitrogen and oxygen atoms in total. The molecule has 0 unspecified atom stereocenters. The predicted molar refractivity (Wildman–Crippen MR) is 148 cm³/mol. The molecule has 0 spiro atoms. The number of imidazole rings is 1. The molecule has 0 atom stereocenters. The number of rotatable bonds is 13. The molecule has 14 heteroatoms. The Hall–Kier alpha value is -3.78. The summed E-state index contributed by atoms with van der Waals surface area (Å²) < 4.78 is 33.8. The minimum atomic E-state index is -0.856. The topological polar surface area (TPSA) is 159 Å². The van der Waals surface area contributed by atoms with E-state index < -0.39 is 17.9 Å². The van der Waals surface area contributed by atoms with E-state index in [0.29, 0.717) is 35.6 Å². The van der Waals surface area contributed by atoms with Gasteiger partial charge in [-0.1, -0.05) is 11.8 Å². The third kappa shape index (κ3) is 8.60. The third-order valence-electron chi connectivity index (χ3n) is 5.72. The second kappa shape index (κ2) is 13.3. The van der Waals surface area contributed by atoms with Crippen LogP contribution in [0.25, 0.3) is 11.2 Å². The zero-order valence-corrected chi connectivity index (χ0v) is 24.4. The van der Waals surface area contributed by atoms with Crippen LogP contribution < -0.4 is 10.5 Å². The van der Waals surface area contributed by atoms with Crippen LogP contribution in [0.2, 0.25) is 0 Å². The number of nitrogens with zero attached hydrogens (tertiary/aromatic N) is 4. The Morgan fingerprint density at radius 1 is 1.00 bits per heavy atom. The van der Waals surface area contributed by atoms with Crippen molar-refractivity contribution in [2.75, 3.05) is 26.1 Å². The van der Waals surface area contributed by atoms with Crippen molar-refractivity contribution in [2.45, 2.75) is 74.8 Å². The van der Waals surface area contributed by atoms with Crippen molar-refractivity contribution in [3.05, 3.63) is 36.7 Å². The van der Waals surface area contributed by atoms with Crippen molar-refractivity contribution in [1.82, 2.24) is 19.5 Å². The number of methoxy groups -OCH3 is 1. The maximum absolute atomic E-state index is 12.0. The first-order valence-corrected chi connectivity index (χ1v) is 13.9. The van der Waals surface area contributed by atoms with Crippen molar-refractivity contribution in [3.63, 3.8) is 0 Å². The van der Waals surface area contributed by atoms with Crippen LogP contribution in [0, 0.1) is 6.10 Å². The largest absolute Gasteiger partial charge is 0.508 e. The van der Waals surface area contributed by atoms with Gasteiger partial charge in [-0.25, -0.2) is 19.6 Å². The number of hydrogen-bond donors (Lipinski definition) is 1. The number of nitrogen functional groups attached to an aromatic ring is 1. The minimum absolute atomic E-state index is 0.113. The Balaban J connectivity index is 1.48. The summed E-state index contributed by atoms with van der Waals surface area (Å²) in [6, 6.07) is 7.58. The molecule has 2 aromatic heterocycles. The van der Waals surface area contributed by atoms with E-state index in [2.05, 4.69) is 15.0 Å². The van der Waals surface area contributed by atoms with Gasteiger partial charge in [-0.15, -0.1) is 0 Å². The zero-order chi connectivity index (χ0) is 29.6. The van der Waals surface area contributed by atoms with Crippen LogP contribution in [0.5, 0.6) is 5.75 Å². The second-order valence-electron chi connectivity index (χ2n) is 9.94. The Labute approximate surface area is 242 Å². The molecule has 41 heavy (non-hydrogen) atoms. The van der Waals surface area contributed by atoms with E-state index in [4.69, 9.17) is 34.2 Å². The molecule has 0 bridgehead atoms. The smallest absolute Gasteiger partial charge is 0.497 e. The van der Waals surface area contributed by atoms with Gasteiger partial charge >= 0.3 is 12.3 Å². The fourth-order valence-corrected chi connectivity index (χ4v) is 4.63. The molecule has 0 saturated heterocycles. The Morgan fingerprint density at radius 3 is 2.15 bits per heavy atom. The Kier molecular flexibility index (Phi) is 9.76. The molecule has 0 amide bonds. The van der Waals surface area contributed by atoms with E-state index in [1.54, 1.807) is 41.1 Å². The van der Waals surface area contributed by atoms with E-state index in [0.717, 1.165) is 10.6 Å². The summed E-state index contributed by atoms with van der Waals surface area (Å²) in [5, 5.41) is 0.614. The quantitative estimate of drug-likeness (QED) is 0.215. The van der Waals surface area contributed by atoms with Crippen LogP contribution >= 0.6 is 11.8 Å². The zero-order valence-electron chi connectivity index (χ0n) is 23.6. The van der Waals surface area contributed by atoms with Gasteiger partial charge < -0.3 is 38.7 Å². The van der Waals surface area contributed by atoms with Crippen molar-refractivity contribution in [3.8, 4) is 5.75 Å². The van der Waals surface area contributed by atoms with Gasteiger partial charge in [0.25, 0.3) is 0 Å². The van der Waals surface area contributed by atoms with Crippen LogP contribution in [0.15, 0.2) is 40.5 Å². The maximum Gasteiger partial charge on any atom is 0.508 e. The Morgan fingerprint density at radius 2 is 1.61 bits per heavy atom. The highest BCUT2D eigenvalue weighted by molar-refractivity contribution is 7.99. The lowest BCUT2D eigenvalue weighted by molar-refractivity contribution is -0.0449. The number of carbonyl (C=O) groups excluding carboxylic acids is 2. The number of ether oxygens (including phenoxy) is 6. The number of aromatic nitrogens is 4. The SMILES string of the molecule is COc1ccc(Sc2nc(N)nc3c2ncn3CC2(O[C](COC(=O)OC(C)C)COC(=O)OC(C)C)CC2)cc1. The summed E-state index contributed by atoms with van der Waals surface area (Å²) in [5.74, 6) is 0.865. The van der Waals surface area contributed by atoms with E-state index in [-0.39, 0.29) is 37.5 Å². The molecule has 4 rings (SSSR count). The van der Waals surface area contributed by atoms with Crippen molar-refractivity contribution < 1.29 is 38.0 Å². The lowest BCUT2D eigenvalue weighted by Crippen LogP contribution is -2.30. The minimum Gasteiger partial charge on any atom is -0.497 e. The van der Waals surface area contributed by atoms with Crippen molar-refractivity contribution >= 4 is 41.2 Å². The van der Waals surface area contributed by atoms with Gasteiger partial charge in [0.1, 0.15) is 29.5 Å². The molecule has 3 aromatic rings. The number of hydrogen-bond acceptors (Lipinski definition) is 13. The summed E-state index contributed by atoms with van der Waals surface area (Å²) in [5.41, 5.74) is 6.56. The number of benzene rings is 1. The van der Waals surface area contributed by atoms with Crippen LogP contribution in [0.4, 0.5) is 15.5 Å². The molecule has 2 heterocycles. The van der Waals surface area contributed by atoms with Gasteiger partial charge in [0, 0.05) is 4.90 Å². The lowest BCUT2D eigenvalue weighted by atomic mass is 10.3. The average Bonchev–Trinajstić information content (AvgIpc) is 3.55. The molecule has 1 aliphatic rings. The number of anilines is 1. The van der Waals surface area contributed by atoms with Crippen molar-refractivity contribution in [1.29, 1.82) is 0 Å². The van der Waals surface area contributed by atoms with Crippen LogP contribution in [0.1, 0.15) is 40.5 Å². The molecule has 1 aromatic carbocycles. The summed E-state index contributed by atoms with van der Waals surface area (Å²) >= 11 is 1.42. The molecule has 1 fully saturated rings. The highest BCUT2D eigenvalue weighted by Gasteiger charge is 2.47. The van der Waals surface area contributed by atoms with Crippen LogP contribution in [0.3, 0.4) is 0 Å². The van der Waals surface area contributed by atoms with Gasteiger partial charge in [-0.05, 0) is 64.8 Å². The van der Waals surface area contributed by atoms with E-state index in [1.807, 2.05) is 28.8 Å². The van der Waals surface area contributed by atoms with E-state index in [9.17, 15) is 9.59 Å². The van der Waals surface area contributed by atoms with Crippen molar-refractivity contribution in [2.24, 2.45) is 0 Å². The first kappa shape index (κ1) is 30.2. The fraction of sp³-hybridized carbons (Fsp3) is 0.481. The lowest BCUT2D eigenvalue weighted by Gasteiger charge is -2.24. The molecule has 1 saturated carbocycles. The first-order chi connectivity index (χ1) is 19.6. The summed E-state index contributed by atoms with van der Waals surface area (Å²) in [6.45, 7) is 6.69. The number of nitrogens with two attached hydrogens (primary N) is 1. The molecule has 1 aliphatic carbocycles. The predicted octanol–water partition coefficient (Wildman–Crippen LogP) is 4.77. The molecule has 1 radical (unpaired) electrons. The van der Waals surface area contributed by atoms with Gasteiger partial charge in [0.05, 0.1) is 37.8 Å². The summed E-state index contributed by atoms with van der Waals surface area (Å²) in [6.07, 6.45) is 0.890. The molecule has 0 aliphatic heterocycles. The van der Waals surface area contributed by atoms with Crippen LogP contribution in [-0.2, 0) is 30.2 Å². The first-order valence-electron chi connectivity index (χ1n) is 13.1. The maximum atomic E-state index is 12.0. The van der Waals surface area contributed by atoms with E-state index >= 15 is 0 Å². The van der Waals surface area contributed by atoms with Gasteiger partial charge in [0.2, 0.25) is 5.95 Å². The second-order valence-corrected chi connectivity index (χ2v) is 11.0. The number of fused-ring (bicyclic) bond motifs is 1. The molecule has 221 valence electrons. The highest BCUT2D eigenvalue weighted by Crippen LogP contribution is 2.44. The Bertz CT molecular complexity index is 1320. The molecule has 2 N–H and O–H groups in total.